The molecule has 2 aromatic heterocycles. The van der Waals surface area contributed by atoms with Crippen molar-refractivity contribution in [2.45, 2.75) is 19.3 Å². The number of hydrogen-bond donors (Lipinski definition) is 0. The van der Waals surface area contributed by atoms with Crippen LogP contribution in [0.25, 0.3) is 82.5 Å². The molecule has 2 heterocycles. The molecule has 0 atom stereocenters. The molecule has 0 radical (unpaired) electrons. The summed E-state index contributed by atoms with van der Waals surface area (Å²) in [5.74, 6) is 0. The number of benzene rings is 9. The van der Waals surface area contributed by atoms with E-state index in [0.29, 0.717) is 0 Å². The van der Waals surface area contributed by atoms with Crippen LogP contribution in [0.15, 0.2) is 199 Å². The van der Waals surface area contributed by atoms with Crippen molar-refractivity contribution in [2.24, 2.45) is 0 Å². The van der Waals surface area contributed by atoms with Gasteiger partial charge in [0, 0.05) is 43.7 Å². The Kier molecular flexibility index (Phi) is 6.98. The highest BCUT2D eigenvalue weighted by Gasteiger charge is 2.36. The molecular weight excluding hydrogens is 705 g/mol. The van der Waals surface area contributed by atoms with Gasteiger partial charge in [-0.25, -0.2) is 0 Å². The van der Waals surface area contributed by atoms with Crippen LogP contribution in [0.1, 0.15) is 25.0 Å². The van der Waals surface area contributed by atoms with Crippen molar-refractivity contribution in [3.8, 4) is 27.9 Å². The first kappa shape index (κ1) is 32.8. The van der Waals surface area contributed by atoms with Crippen molar-refractivity contribution in [2.75, 3.05) is 4.90 Å². The van der Waals surface area contributed by atoms with Gasteiger partial charge in [0.1, 0.15) is 5.58 Å². The molecule has 3 nitrogen and oxygen atoms in total. The molecule has 1 aliphatic carbocycles. The average Bonchev–Trinajstić information content (AvgIpc) is 3.89. The highest BCUT2D eigenvalue weighted by atomic mass is 16.3. The van der Waals surface area contributed by atoms with Crippen molar-refractivity contribution >= 4 is 71.6 Å². The van der Waals surface area contributed by atoms with Crippen molar-refractivity contribution in [1.29, 1.82) is 0 Å². The smallest absolute Gasteiger partial charge is 0.159 e. The van der Waals surface area contributed by atoms with E-state index >= 15 is 0 Å². The second kappa shape index (κ2) is 12.3. The van der Waals surface area contributed by atoms with Gasteiger partial charge in [-0.05, 0) is 99.4 Å². The molecule has 0 spiro atoms. The second-order valence-corrected chi connectivity index (χ2v) is 16.1. The number of nitrogens with zero attached hydrogens (tertiary/aromatic N) is 2. The molecular formula is C55H38N2O. The molecule has 0 unspecified atom stereocenters. The summed E-state index contributed by atoms with van der Waals surface area (Å²) < 4.78 is 9.10. The Labute approximate surface area is 336 Å². The second-order valence-electron chi connectivity index (χ2n) is 16.1. The van der Waals surface area contributed by atoms with Gasteiger partial charge in [-0.15, -0.1) is 0 Å². The third-order valence-corrected chi connectivity index (χ3v) is 12.6. The molecule has 9 aromatic carbocycles. The molecule has 0 N–H and O–H groups in total. The summed E-state index contributed by atoms with van der Waals surface area (Å²) >= 11 is 0. The lowest BCUT2D eigenvalue weighted by Gasteiger charge is -2.28. The summed E-state index contributed by atoms with van der Waals surface area (Å²) in [4.78, 5) is 2.37. The van der Waals surface area contributed by atoms with Gasteiger partial charge in [-0.3, -0.25) is 0 Å². The number of fused-ring (bicyclic) bond motifs is 10. The minimum absolute atomic E-state index is 0.127. The molecule has 0 amide bonds. The zero-order valence-corrected chi connectivity index (χ0v) is 32.3. The fourth-order valence-corrected chi connectivity index (χ4v) is 9.79. The predicted molar refractivity (Wildman–Crippen MR) is 243 cm³/mol. The minimum Gasteiger partial charge on any atom is -0.454 e. The van der Waals surface area contributed by atoms with Gasteiger partial charge >= 0.3 is 0 Å². The quantitative estimate of drug-likeness (QED) is 0.175. The molecule has 11 aromatic rings. The fraction of sp³-hybridized carbons (Fsp3) is 0.0545. The third-order valence-electron chi connectivity index (χ3n) is 12.6. The summed E-state index contributed by atoms with van der Waals surface area (Å²) in [6.45, 7) is 4.69. The Balaban J connectivity index is 1.01. The van der Waals surface area contributed by atoms with Crippen LogP contribution >= 0.6 is 0 Å². The van der Waals surface area contributed by atoms with Crippen LogP contribution in [0.4, 0.5) is 17.1 Å². The maximum atomic E-state index is 6.67. The molecule has 3 heteroatoms. The molecule has 1 aliphatic rings. The average molecular weight is 743 g/mol. The molecule has 0 saturated carbocycles. The predicted octanol–water partition coefficient (Wildman–Crippen LogP) is 15.3. The van der Waals surface area contributed by atoms with E-state index in [1.165, 1.54) is 71.6 Å². The lowest BCUT2D eigenvalue weighted by molar-refractivity contribution is 0.660. The third kappa shape index (κ3) is 4.74. The number of hydrogen-bond acceptors (Lipinski definition) is 2. The van der Waals surface area contributed by atoms with Gasteiger partial charge in [-0.1, -0.05) is 147 Å². The monoisotopic (exact) mass is 742 g/mol. The van der Waals surface area contributed by atoms with E-state index in [2.05, 4.69) is 211 Å². The van der Waals surface area contributed by atoms with Gasteiger partial charge in [0.25, 0.3) is 0 Å². The first-order chi connectivity index (χ1) is 28.5. The molecule has 274 valence electrons. The standard InChI is InChI=1S/C55H38N2O/c1-55(2)47-20-8-5-16-41(47)42-31-30-39(34-48(42)55)56(52-23-12-19-45-44-18-7-10-24-53(44)58-54(45)52)38-28-25-35(26-29-38)37-27-32-51-46(33-37)43-17-6-9-21-50(43)57(51)49-22-11-14-36-13-3-4-15-40(36)49/h3-34H,1-2H3. The highest BCUT2D eigenvalue weighted by molar-refractivity contribution is 6.12. The summed E-state index contributed by atoms with van der Waals surface area (Å²) in [7, 11) is 0. The molecule has 0 bridgehead atoms. The largest absolute Gasteiger partial charge is 0.454 e. The highest BCUT2D eigenvalue weighted by Crippen LogP contribution is 2.51. The topological polar surface area (TPSA) is 21.3 Å². The number of rotatable bonds is 5. The Morgan fingerprint density at radius 3 is 2.00 bits per heavy atom. The summed E-state index contributed by atoms with van der Waals surface area (Å²) in [6, 6.07) is 70.6. The maximum Gasteiger partial charge on any atom is 0.159 e. The molecule has 12 rings (SSSR count). The lowest BCUT2D eigenvalue weighted by atomic mass is 9.82. The van der Waals surface area contributed by atoms with Gasteiger partial charge in [0.15, 0.2) is 5.58 Å². The van der Waals surface area contributed by atoms with Crippen LogP contribution in [-0.4, -0.2) is 4.57 Å². The first-order valence-electron chi connectivity index (χ1n) is 20.1. The van der Waals surface area contributed by atoms with E-state index in [-0.39, 0.29) is 5.41 Å². The van der Waals surface area contributed by atoms with E-state index in [1.807, 2.05) is 6.07 Å². The molecule has 58 heavy (non-hydrogen) atoms. The Morgan fingerprint density at radius 1 is 0.448 bits per heavy atom. The number of anilines is 3. The van der Waals surface area contributed by atoms with E-state index in [1.54, 1.807) is 0 Å². The molecule has 0 saturated heterocycles. The van der Waals surface area contributed by atoms with E-state index in [0.717, 1.165) is 39.0 Å². The van der Waals surface area contributed by atoms with Crippen LogP contribution in [0.5, 0.6) is 0 Å². The van der Waals surface area contributed by atoms with Crippen molar-refractivity contribution in [3.63, 3.8) is 0 Å². The van der Waals surface area contributed by atoms with Gasteiger partial charge in [0.05, 0.1) is 22.4 Å². The summed E-state index contributed by atoms with van der Waals surface area (Å²) in [5.41, 5.74) is 16.1. The zero-order valence-electron chi connectivity index (χ0n) is 32.3. The molecule has 0 fully saturated rings. The summed E-state index contributed by atoms with van der Waals surface area (Å²) in [5, 5.41) is 7.20. The van der Waals surface area contributed by atoms with Gasteiger partial charge in [-0.2, -0.15) is 0 Å². The van der Waals surface area contributed by atoms with Crippen LogP contribution in [0, 0.1) is 0 Å². The number of furan rings is 1. The Bertz CT molecular complexity index is 3430. The van der Waals surface area contributed by atoms with Gasteiger partial charge in [0.2, 0.25) is 0 Å². The van der Waals surface area contributed by atoms with E-state index < -0.39 is 0 Å². The molecule has 0 aliphatic heterocycles. The van der Waals surface area contributed by atoms with Crippen molar-refractivity contribution in [1.82, 2.24) is 4.57 Å². The normalized spacial score (nSPS) is 13.1. The SMILES string of the molecule is CC1(C)c2ccccc2-c2ccc(N(c3ccc(-c4ccc5c(c4)c4ccccc4n5-c4cccc5ccccc45)cc3)c3cccc4c3oc3ccccc34)cc21. The maximum absolute atomic E-state index is 6.67. The minimum atomic E-state index is -0.127. The summed E-state index contributed by atoms with van der Waals surface area (Å²) in [6.07, 6.45) is 0. The van der Waals surface area contributed by atoms with Crippen molar-refractivity contribution in [3.05, 3.63) is 205 Å². The lowest BCUT2D eigenvalue weighted by Crippen LogP contribution is -2.16. The number of aromatic nitrogens is 1. The zero-order chi connectivity index (χ0) is 38.5. The van der Waals surface area contributed by atoms with Crippen molar-refractivity contribution < 1.29 is 4.42 Å². The number of para-hydroxylation sites is 3. The fourth-order valence-electron chi connectivity index (χ4n) is 9.79. The van der Waals surface area contributed by atoms with Crippen LogP contribution in [0.3, 0.4) is 0 Å². The Morgan fingerprint density at radius 2 is 1.10 bits per heavy atom. The first-order valence-corrected chi connectivity index (χ1v) is 20.1. The Hall–Kier alpha value is -7.36. The van der Waals surface area contributed by atoms with E-state index in [9.17, 15) is 0 Å². The van der Waals surface area contributed by atoms with Gasteiger partial charge < -0.3 is 13.9 Å². The van der Waals surface area contributed by atoms with E-state index in [4.69, 9.17) is 4.42 Å². The van der Waals surface area contributed by atoms with Crippen LogP contribution in [-0.2, 0) is 5.41 Å². The van der Waals surface area contributed by atoms with Crippen LogP contribution < -0.4 is 4.90 Å². The van der Waals surface area contributed by atoms with Crippen LogP contribution in [0.2, 0.25) is 0 Å².